The van der Waals surface area contributed by atoms with Gasteiger partial charge in [-0.05, 0) is 44.3 Å². The van der Waals surface area contributed by atoms with E-state index in [2.05, 4.69) is 22.0 Å². The molecular formula is C13H25N3. The molecule has 0 aromatic rings. The molecule has 2 atom stereocenters. The zero-order valence-corrected chi connectivity index (χ0v) is 10.5. The van der Waals surface area contributed by atoms with Crippen LogP contribution in [0.3, 0.4) is 0 Å². The zero-order valence-electron chi connectivity index (χ0n) is 10.5. The summed E-state index contributed by atoms with van der Waals surface area (Å²) in [4.78, 5) is 5.45. The van der Waals surface area contributed by atoms with Gasteiger partial charge in [0.25, 0.3) is 0 Å². The second-order valence-electron chi connectivity index (χ2n) is 6.01. The molecule has 4 aliphatic rings. The number of rotatable bonds is 1. The molecule has 1 N–H and O–H groups in total. The molecule has 16 heavy (non-hydrogen) atoms. The van der Waals surface area contributed by atoms with Crippen LogP contribution in [-0.2, 0) is 0 Å². The summed E-state index contributed by atoms with van der Waals surface area (Å²) >= 11 is 0. The number of nitrogens with zero attached hydrogens (tertiary/aromatic N) is 2. The molecule has 4 rings (SSSR count). The van der Waals surface area contributed by atoms with Crippen molar-refractivity contribution in [2.24, 2.45) is 11.8 Å². The first kappa shape index (κ1) is 11.0. The molecule has 0 aliphatic carbocycles. The van der Waals surface area contributed by atoms with Gasteiger partial charge in [0.1, 0.15) is 0 Å². The fraction of sp³-hybridized carbons (Fsp3) is 1.00. The van der Waals surface area contributed by atoms with E-state index in [1.54, 1.807) is 0 Å². The maximum absolute atomic E-state index is 3.55. The predicted octanol–water partition coefficient (Wildman–Crippen LogP) is 0.622. The molecule has 92 valence electrons. The number of hydrogen-bond acceptors (Lipinski definition) is 3. The smallest absolute Gasteiger partial charge is 0.0252 e. The lowest BCUT2D eigenvalue weighted by Gasteiger charge is -2.49. The molecule has 2 unspecified atom stereocenters. The summed E-state index contributed by atoms with van der Waals surface area (Å²) in [6, 6.07) is 0.866. The van der Waals surface area contributed by atoms with E-state index in [1.165, 1.54) is 58.7 Å². The quantitative estimate of drug-likeness (QED) is 0.703. The molecular weight excluding hydrogens is 198 g/mol. The Balaban J connectivity index is 1.67. The summed E-state index contributed by atoms with van der Waals surface area (Å²) < 4.78 is 0. The van der Waals surface area contributed by atoms with Crippen molar-refractivity contribution in [3.8, 4) is 0 Å². The highest BCUT2D eigenvalue weighted by Gasteiger charge is 2.37. The van der Waals surface area contributed by atoms with Crippen molar-refractivity contribution in [2.75, 3.05) is 45.8 Å². The Labute approximate surface area is 99.2 Å². The van der Waals surface area contributed by atoms with E-state index in [0.717, 1.165) is 17.9 Å². The Morgan fingerprint density at radius 1 is 1.06 bits per heavy atom. The van der Waals surface area contributed by atoms with Crippen LogP contribution in [0.15, 0.2) is 0 Å². The van der Waals surface area contributed by atoms with Crippen LogP contribution in [0.4, 0.5) is 0 Å². The van der Waals surface area contributed by atoms with Gasteiger partial charge in [-0.3, -0.25) is 4.90 Å². The van der Waals surface area contributed by atoms with Gasteiger partial charge in [0.05, 0.1) is 0 Å². The first-order valence-electron chi connectivity index (χ1n) is 7.00. The van der Waals surface area contributed by atoms with Crippen molar-refractivity contribution in [2.45, 2.75) is 25.8 Å². The number of fused-ring (bicyclic) bond motifs is 3. The monoisotopic (exact) mass is 223 g/mol. The maximum atomic E-state index is 3.55. The lowest BCUT2D eigenvalue weighted by molar-refractivity contribution is 0.00416. The van der Waals surface area contributed by atoms with Crippen LogP contribution < -0.4 is 5.32 Å². The van der Waals surface area contributed by atoms with Crippen molar-refractivity contribution in [1.82, 2.24) is 15.1 Å². The zero-order chi connectivity index (χ0) is 11.0. The lowest BCUT2D eigenvalue weighted by atomic mass is 9.83. The third kappa shape index (κ3) is 2.13. The van der Waals surface area contributed by atoms with Gasteiger partial charge >= 0.3 is 0 Å². The minimum Gasteiger partial charge on any atom is -0.315 e. The van der Waals surface area contributed by atoms with E-state index < -0.39 is 0 Å². The summed E-state index contributed by atoms with van der Waals surface area (Å²) in [5.41, 5.74) is 0. The molecule has 2 bridgehead atoms. The molecule has 0 spiro atoms. The fourth-order valence-corrected chi connectivity index (χ4v) is 3.78. The van der Waals surface area contributed by atoms with E-state index in [-0.39, 0.29) is 0 Å². The minimum atomic E-state index is 0.818. The number of piperidine rings is 3. The van der Waals surface area contributed by atoms with E-state index in [1.807, 2.05) is 0 Å². The van der Waals surface area contributed by atoms with Gasteiger partial charge in [-0.25, -0.2) is 0 Å². The standard InChI is InChI=1S/C13H25N3/c1-11-8-14-4-7-16(9-11)13-10-15-5-2-12(13)3-6-15/h11-14H,2-10H2,1H3. The molecule has 4 saturated heterocycles. The summed E-state index contributed by atoms with van der Waals surface area (Å²) in [6.45, 7) is 11.4. The van der Waals surface area contributed by atoms with Crippen LogP contribution in [0.2, 0.25) is 0 Å². The Hall–Kier alpha value is -0.120. The fourth-order valence-electron chi connectivity index (χ4n) is 3.78. The second-order valence-corrected chi connectivity index (χ2v) is 6.01. The predicted molar refractivity (Wildman–Crippen MR) is 66.6 cm³/mol. The summed E-state index contributed by atoms with van der Waals surface area (Å²) in [6.07, 6.45) is 2.89. The van der Waals surface area contributed by atoms with Crippen molar-refractivity contribution in [1.29, 1.82) is 0 Å². The van der Waals surface area contributed by atoms with Gasteiger partial charge in [-0.1, -0.05) is 6.92 Å². The first-order valence-corrected chi connectivity index (χ1v) is 7.00. The van der Waals surface area contributed by atoms with Gasteiger partial charge in [-0.15, -0.1) is 0 Å². The average Bonchev–Trinajstić information content (AvgIpc) is 2.55. The minimum absolute atomic E-state index is 0.818. The topological polar surface area (TPSA) is 18.5 Å². The third-order valence-electron chi connectivity index (χ3n) is 4.71. The molecule has 0 aromatic carbocycles. The second kappa shape index (κ2) is 4.63. The van der Waals surface area contributed by atoms with Gasteiger partial charge < -0.3 is 10.2 Å². The van der Waals surface area contributed by atoms with Crippen molar-refractivity contribution in [3.05, 3.63) is 0 Å². The van der Waals surface area contributed by atoms with Crippen LogP contribution in [-0.4, -0.2) is 61.7 Å². The molecule has 4 aliphatic heterocycles. The van der Waals surface area contributed by atoms with Crippen LogP contribution in [0.25, 0.3) is 0 Å². The Kier molecular flexibility index (Phi) is 3.18. The Morgan fingerprint density at radius 2 is 1.88 bits per heavy atom. The van der Waals surface area contributed by atoms with Crippen molar-refractivity contribution in [3.63, 3.8) is 0 Å². The molecule has 3 heteroatoms. The van der Waals surface area contributed by atoms with Gasteiger partial charge in [0.15, 0.2) is 0 Å². The van der Waals surface area contributed by atoms with Crippen LogP contribution in [0, 0.1) is 11.8 Å². The van der Waals surface area contributed by atoms with E-state index in [0.29, 0.717) is 0 Å². The number of hydrogen-bond donors (Lipinski definition) is 1. The first-order chi connectivity index (χ1) is 7.83. The molecule has 0 amide bonds. The van der Waals surface area contributed by atoms with Crippen LogP contribution in [0.1, 0.15) is 19.8 Å². The Bertz CT molecular complexity index is 235. The normalized spacial score (nSPS) is 45.6. The average molecular weight is 223 g/mol. The van der Waals surface area contributed by atoms with Gasteiger partial charge in [0.2, 0.25) is 0 Å². The number of nitrogens with one attached hydrogen (secondary N) is 1. The largest absolute Gasteiger partial charge is 0.315 e. The molecule has 4 heterocycles. The van der Waals surface area contributed by atoms with Crippen molar-refractivity contribution < 1.29 is 0 Å². The highest BCUT2D eigenvalue weighted by atomic mass is 15.3. The SMILES string of the molecule is CC1CNCCN(C2CN3CCC2CC3)C1. The van der Waals surface area contributed by atoms with Gasteiger partial charge in [0, 0.05) is 32.2 Å². The molecule has 0 radical (unpaired) electrons. The highest BCUT2D eigenvalue weighted by Crippen LogP contribution is 2.31. The molecule has 0 aromatic heterocycles. The summed E-state index contributed by atoms with van der Waals surface area (Å²) in [7, 11) is 0. The van der Waals surface area contributed by atoms with Gasteiger partial charge in [-0.2, -0.15) is 0 Å². The molecule has 4 fully saturated rings. The highest BCUT2D eigenvalue weighted by molar-refractivity contribution is 4.93. The van der Waals surface area contributed by atoms with Crippen LogP contribution in [0.5, 0.6) is 0 Å². The van der Waals surface area contributed by atoms with E-state index in [4.69, 9.17) is 0 Å². The van der Waals surface area contributed by atoms with Crippen molar-refractivity contribution >= 4 is 0 Å². The molecule has 3 nitrogen and oxygen atoms in total. The summed E-state index contributed by atoms with van der Waals surface area (Å²) in [5, 5.41) is 3.55. The summed E-state index contributed by atoms with van der Waals surface area (Å²) in [5.74, 6) is 1.81. The van der Waals surface area contributed by atoms with Crippen LogP contribution >= 0.6 is 0 Å². The third-order valence-corrected chi connectivity index (χ3v) is 4.71. The van der Waals surface area contributed by atoms with E-state index >= 15 is 0 Å². The lowest BCUT2D eigenvalue weighted by Crippen LogP contribution is -2.58. The molecule has 0 saturated carbocycles. The Morgan fingerprint density at radius 3 is 2.56 bits per heavy atom. The maximum Gasteiger partial charge on any atom is 0.0252 e. The van der Waals surface area contributed by atoms with E-state index in [9.17, 15) is 0 Å².